The normalized spacial score (nSPS) is 11.9. The Morgan fingerprint density at radius 3 is 2.29 bits per heavy atom. The van der Waals surface area contributed by atoms with E-state index in [0.717, 1.165) is 6.42 Å². The van der Waals surface area contributed by atoms with E-state index in [2.05, 4.69) is 18.8 Å². The van der Waals surface area contributed by atoms with Crippen LogP contribution in [0.4, 0.5) is 0 Å². The smallest absolute Gasteiger partial charge is 0.0621 e. The van der Waals surface area contributed by atoms with Crippen LogP contribution in [0.5, 0.6) is 0 Å². The molecule has 1 N–H and O–H groups in total. The molecule has 0 saturated carbocycles. The van der Waals surface area contributed by atoms with Gasteiger partial charge < -0.3 is 5.11 Å². The SMILES string of the molecule is CCCCCCCCC#CCC(C)O. The van der Waals surface area contributed by atoms with E-state index in [1.54, 1.807) is 6.92 Å². The van der Waals surface area contributed by atoms with Gasteiger partial charge in [0.1, 0.15) is 0 Å². The van der Waals surface area contributed by atoms with Gasteiger partial charge in [0, 0.05) is 12.8 Å². The lowest BCUT2D eigenvalue weighted by Crippen LogP contribution is -1.95. The first-order valence-electron chi connectivity index (χ1n) is 5.91. The summed E-state index contributed by atoms with van der Waals surface area (Å²) in [6.07, 6.45) is 9.28. The molecule has 1 heteroatoms. The van der Waals surface area contributed by atoms with Gasteiger partial charge in [-0.3, -0.25) is 0 Å². The zero-order chi connectivity index (χ0) is 10.6. The van der Waals surface area contributed by atoms with Gasteiger partial charge in [-0.2, -0.15) is 0 Å². The molecular formula is C13H24O. The molecule has 0 aliphatic carbocycles. The van der Waals surface area contributed by atoms with E-state index in [1.807, 2.05) is 0 Å². The van der Waals surface area contributed by atoms with E-state index >= 15 is 0 Å². The topological polar surface area (TPSA) is 20.2 Å². The lowest BCUT2D eigenvalue weighted by Gasteiger charge is -1.96. The summed E-state index contributed by atoms with van der Waals surface area (Å²) in [5.41, 5.74) is 0. The number of hydrogen-bond acceptors (Lipinski definition) is 1. The second kappa shape index (κ2) is 10.6. The summed E-state index contributed by atoms with van der Waals surface area (Å²) >= 11 is 0. The van der Waals surface area contributed by atoms with Crippen LogP contribution >= 0.6 is 0 Å². The Kier molecular flexibility index (Phi) is 10.2. The minimum Gasteiger partial charge on any atom is -0.392 e. The Hall–Kier alpha value is -0.480. The first kappa shape index (κ1) is 13.5. The molecule has 0 heterocycles. The van der Waals surface area contributed by atoms with Gasteiger partial charge in [0.25, 0.3) is 0 Å². The van der Waals surface area contributed by atoms with E-state index in [9.17, 15) is 0 Å². The summed E-state index contributed by atoms with van der Waals surface area (Å²) < 4.78 is 0. The number of aliphatic hydroxyl groups excluding tert-OH is 1. The maximum Gasteiger partial charge on any atom is 0.0621 e. The minimum absolute atomic E-state index is 0.271. The predicted molar refractivity (Wildman–Crippen MR) is 62.1 cm³/mol. The Morgan fingerprint density at radius 2 is 1.64 bits per heavy atom. The molecule has 0 rings (SSSR count). The average molecular weight is 196 g/mol. The maximum atomic E-state index is 8.95. The highest BCUT2D eigenvalue weighted by Crippen LogP contribution is 2.06. The molecule has 14 heavy (non-hydrogen) atoms. The number of unbranched alkanes of at least 4 members (excludes halogenated alkanes) is 6. The molecule has 82 valence electrons. The van der Waals surface area contributed by atoms with E-state index < -0.39 is 0 Å². The third-order valence-corrected chi connectivity index (χ3v) is 2.18. The molecule has 1 atom stereocenters. The minimum atomic E-state index is -0.271. The van der Waals surface area contributed by atoms with E-state index in [0.29, 0.717) is 6.42 Å². The van der Waals surface area contributed by atoms with Crippen molar-refractivity contribution in [2.75, 3.05) is 0 Å². The third kappa shape index (κ3) is 11.5. The van der Waals surface area contributed by atoms with Gasteiger partial charge >= 0.3 is 0 Å². The summed E-state index contributed by atoms with van der Waals surface area (Å²) in [7, 11) is 0. The Labute approximate surface area is 88.9 Å². The fourth-order valence-corrected chi connectivity index (χ4v) is 1.30. The fourth-order valence-electron chi connectivity index (χ4n) is 1.30. The molecule has 0 amide bonds. The monoisotopic (exact) mass is 196 g/mol. The van der Waals surface area contributed by atoms with E-state index in [1.165, 1.54) is 38.5 Å². The van der Waals surface area contributed by atoms with Crippen LogP contribution in [0.1, 0.15) is 65.2 Å². The van der Waals surface area contributed by atoms with Gasteiger partial charge in [-0.05, 0) is 13.3 Å². The molecule has 0 fully saturated rings. The lowest BCUT2D eigenvalue weighted by molar-refractivity contribution is 0.201. The summed E-state index contributed by atoms with van der Waals surface area (Å²) in [5, 5.41) is 8.95. The van der Waals surface area contributed by atoms with Crippen molar-refractivity contribution < 1.29 is 5.11 Å². The first-order valence-corrected chi connectivity index (χ1v) is 5.91. The maximum absolute atomic E-state index is 8.95. The van der Waals surface area contributed by atoms with Gasteiger partial charge in [0.05, 0.1) is 6.10 Å². The average Bonchev–Trinajstić information content (AvgIpc) is 2.15. The molecule has 0 spiro atoms. The fraction of sp³-hybridized carbons (Fsp3) is 0.846. The molecule has 0 aromatic rings. The van der Waals surface area contributed by atoms with Gasteiger partial charge in [-0.1, -0.05) is 39.0 Å². The van der Waals surface area contributed by atoms with Crippen molar-refractivity contribution in [1.29, 1.82) is 0 Å². The summed E-state index contributed by atoms with van der Waals surface area (Å²) in [5.74, 6) is 6.08. The molecule has 0 saturated heterocycles. The van der Waals surface area contributed by atoms with Crippen molar-refractivity contribution in [1.82, 2.24) is 0 Å². The third-order valence-electron chi connectivity index (χ3n) is 2.18. The first-order chi connectivity index (χ1) is 6.77. The van der Waals surface area contributed by atoms with Crippen LogP contribution in [0.15, 0.2) is 0 Å². The van der Waals surface area contributed by atoms with Crippen molar-refractivity contribution in [3.63, 3.8) is 0 Å². The molecule has 0 aliphatic rings. The van der Waals surface area contributed by atoms with Gasteiger partial charge in [-0.15, -0.1) is 11.8 Å². The molecule has 0 bridgehead atoms. The van der Waals surface area contributed by atoms with Crippen LogP contribution in [0.2, 0.25) is 0 Å². The zero-order valence-corrected chi connectivity index (χ0v) is 9.68. The Morgan fingerprint density at radius 1 is 1.00 bits per heavy atom. The highest BCUT2D eigenvalue weighted by Gasteiger charge is 1.89. The predicted octanol–water partition coefficient (Wildman–Crippen LogP) is 3.51. The van der Waals surface area contributed by atoms with Crippen molar-refractivity contribution in [2.45, 2.75) is 71.3 Å². The molecule has 1 nitrogen and oxygen atoms in total. The highest BCUT2D eigenvalue weighted by molar-refractivity contribution is 4.99. The second-order valence-corrected chi connectivity index (χ2v) is 3.92. The van der Waals surface area contributed by atoms with Crippen LogP contribution in [-0.4, -0.2) is 11.2 Å². The van der Waals surface area contributed by atoms with Crippen LogP contribution in [0, 0.1) is 11.8 Å². The molecule has 0 aliphatic heterocycles. The summed E-state index contributed by atoms with van der Waals surface area (Å²) in [6.45, 7) is 4.01. The Balaban J connectivity index is 3.07. The van der Waals surface area contributed by atoms with Crippen molar-refractivity contribution in [3.05, 3.63) is 0 Å². The van der Waals surface area contributed by atoms with Crippen LogP contribution in [0.25, 0.3) is 0 Å². The molecule has 0 aromatic heterocycles. The van der Waals surface area contributed by atoms with Crippen LogP contribution < -0.4 is 0 Å². The number of hydrogen-bond donors (Lipinski definition) is 1. The molecule has 0 radical (unpaired) electrons. The van der Waals surface area contributed by atoms with Crippen LogP contribution in [-0.2, 0) is 0 Å². The van der Waals surface area contributed by atoms with Crippen molar-refractivity contribution >= 4 is 0 Å². The highest BCUT2D eigenvalue weighted by atomic mass is 16.3. The quantitative estimate of drug-likeness (QED) is 0.488. The van der Waals surface area contributed by atoms with Crippen molar-refractivity contribution in [3.8, 4) is 11.8 Å². The van der Waals surface area contributed by atoms with E-state index in [-0.39, 0.29) is 6.10 Å². The lowest BCUT2D eigenvalue weighted by atomic mass is 10.1. The largest absolute Gasteiger partial charge is 0.392 e. The van der Waals surface area contributed by atoms with Crippen molar-refractivity contribution in [2.24, 2.45) is 0 Å². The van der Waals surface area contributed by atoms with E-state index in [4.69, 9.17) is 5.11 Å². The zero-order valence-electron chi connectivity index (χ0n) is 9.68. The molecule has 1 unspecified atom stereocenters. The Bertz CT molecular complexity index is 162. The number of aliphatic hydroxyl groups is 1. The van der Waals surface area contributed by atoms with Gasteiger partial charge in [0.15, 0.2) is 0 Å². The van der Waals surface area contributed by atoms with Gasteiger partial charge in [-0.25, -0.2) is 0 Å². The number of rotatable bonds is 7. The summed E-state index contributed by atoms with van der Waals surface area (Å²) in [4.78, 5) is 0. The molecular weight excluding hydrogens is 172 g/mol. The summed E-state index contributed by atoms with van der Waals surface area (Å²) in [6, 6.07) is 0. The second-order valence-electron chi connectivity index (χ2n) is 3.92. The van der Waals surface area contributed by atoms with Crippen LogP contribution in [0.3, 0.4) is 0 Å². The molecule has 0 aromatic carbocycles. The standard InChI is InChI=1S/C13H24O/c1-3-4-5-6-7-8-9-10-11-12-13(2)14/h13-14H,3-9,12H2,1-2H3. The van der Waals surface area contributed by atoms with Gasteiger partial charge in [0.2, 0.25) is 0 Å².